The van der Waals surface area contributed by atoms with E-state index >= 15 is 0 Å². The lowest BCUT2D eigenvalue weighted by Crippen LogP contribution is -2.49. The smallest absolute Gasteiger partial charge is 0.287 e. The van der Waals surface area contributed by atoms with Gasteiger partial charge in [-0.25, -0.2) is 0 Å². The second-order valence-electron chi connectivity index (χ2n) is 5.23. The third-order valence-electron chi connectivity index (χ3n) is 3.25. The Morgan fingerprint density at radius 3 is 3.00 bits per heavy atom. The molecule has 2 amide bonds. The van der Waals surface area contributed by atoms with E-state index in [1.807, 2.05) is 30.8 Å². The molecule has 2 aliphatic rings. The average molecular weight is 296 g/mol. The predicted octanol–water partition coefficient (Wildman–Crippen LogP) is 0.799. The lowest BCUT2D eigenvalue weighted by Gasteiger charge is -2.32. The fourth-order valence-corrected chi connectivity index (χ4v) is 3.42. The Morgan fingerprint density at radius 2 is 2.35 bits per heavy atom. The summed E-state index contributed by atoms with van der Waals surface area (Å²) in [6.45, 7) is 1.59. The molecule has 0 aliphatic carbocycles. The van der Waals surface area contributed by atoms with Crippen molar-refractivity contribution in [3.8, 4) is 0 Å². The number of likely N-dealkylation sites (N-methyl/N-ethyl adjacent to an activating group) is 1. The third kappa shape index (κ3) is 3.89. The predicted molar refractivity (Wildman–Crippen MR) is 78.8 cm³/mol. The van der Waals surface area contributed by atoms with E-state index < -0.39 is 11.9 Å². The van der Waals surface area contributed by atoms with Crippen LogP contribution in [-0.4, -0.2) is 72.4 Å². The van der Waals surface area contributed by atoms with Gasteiger partial charge in [0.15, 0.2) is 6.04 Å². The van der Waals surface area contributed by atoms with Gasteiger partial charge in [0.2, 0.25) is 0 Å². The number of carbonyl (C=O) groups excluding carboxylic acids is 2. The summed E-state index contributed by atoms with van der Waals surface area (Å²) in [5.74, 6) is 1.57. The zero-order valence-corrected chi connectivity index (χ0v) is 12.7. The lowest BCUT2D eigenvalue weighted by atomic mass is 10.1. The zero-order valence-electron chi connectivity index (χ0n) is 11.9. The van der Waals surface area contributed by atoms with Gasteiger partial charge in [-0.2, -0.15) is 16.9 Å². The van der Waals surface area contributed by atoms with Gasteiger partial charge in [0, 0.05) is 24.9 Å². The molecule has 0 radical (unpaired) electrons. The average Bonchev–Trinajstić information content (AvgIpc) is 2.63. The van der Waals surface area contributed by atoms with Gasteiger partial charge in [-0.3, -0.25) is 9.59 Å². The highest BCUT2D eigenvalue weighted by Crippen LogP contribution is 2.19. The second-order valence-corrected chi connectivity index (χ2v) is 6.38. The molecule has 2 heterocycles. The summed E-state index contributed by atoms with van der Waals surface area (Å²) < 4.78 is 0. The first kappa shape index (κ1) is 15.2. The van der Waals surface area contributed by atoms with Crippen LogP contribution < -0.4 is 0 Å². The minimum absolute atomic E-state index is 0.0492. The van der Waals surface area contributed by atoms with Crippen molar-refractivity contribution in [3.63, 3.8) is 0 Å². The first-order valence-electron chi connectivity index (χ1n) is 6.74. The highest BCUT2D eigenvalue weighted by Gasteiger charge is 2.31. The van der Waals surface area contributed by atoms with E-state index in [0.717, 1.165) is 31.0 Å². The molecule has 1 saturated heterocycles. The van der Waals surface area contributed by atoms with Gasteiger partial charge < -0.3 is 9.80 Å². The van der Waals surface area contributed by atoms with Crippen LogP contribution in [0.1, 0.15) is 6.42 Å². The standard InChI is InChI=1S/C13H20N4O2S/c1-16(2)8-10-9-20-7-3-6-17(10)13(19)11-4-5-12(18)15-14-11/h4-5,10-11H,3,6-9H2,1-2H3. The van der Waals surface area contributed by atoms with Crippen molar-refractivity contribution in [2.75, 3.05) is 38.7 Å². The van der Waals surface area contributed by atoms with E-state index in [0.29, 0.717) is 0 Å². The van der Waals surface area contributed by atoms with E-state index in [9.17, 15) is 9.59 Å². The molecule has 110 valence electrons. The number of amides is 2. The molecule has 0 aromatic rings. The number of hydrogen-bond acceptors (Lipinski definition) is 5. The summed E-state index contributed by atoms with van der Waals surface area (Å²) in [6.07, 6.45) is 3.86. The number of thioether (sulfide) groups is 1. The summed E-state index contributed by atoms with van der Waals surface area (Å²) in [5, 5.41) is 7.28. The van der Waals surface area contributed by atoms with Crippen molar-refractivity contribution < 1.29 is 9.59 Å². The number of nitrogens with zero attached hydrogens (tertiary/aromatic N) is 4. The van der Waals surface area contributed by atoms with Gasteiger partial charge in [-0.1, -0.05) is 0 Å². The quantitative estimate of drug-likeness (QED) is 0.772. The molecule has 6 nitrogen and oxygen atoms in total. The Morgan fingerprint density at radius 1 is 1.55 bits per heavy atom. The molecule has 0 aromatic carbocycles. The molecule has 1 fully saturated rings. The van der Waals surface area contributed by atoms with E-state index in [1.54, 1.807) is 6.08 Å². The fourth-order valence-electron chi connectivity index (χ4n) is 2.36. The number of azo groups is 1. The maximum absolute atomic E-state index is 12.6. The number of rotatable bonds is 3. The Labute approximate surface area is 123 Å². The van der Waals surface area contributed by atoms with Crippen LogP contribution in [0.5, 0.6) is 0 Å². The molecule has 7 heteroatoms. The van der Waals surface area contributed by atoms with Crippen LogP contribution in [0.2, 0.25) is 0 Å². The molecular formula is C13H20N4O2S. The summed E-state index contributed by atoms with van der Waals surface area (Å²) in [5.41, 5.74) is 0. The largest absolute Gasteiger partial charge is 0.335 e. The van der Waals surface area contributed by atoms with Gasteiger partial charge in [-0.15, -0.1) is 5.11 Å². The van der Waals surface area contributed by atoms with Crippen molar-refractivity contribution in [2.45, 2.75) is 18.5 Å². The van der Waals surface area contributed by atoms with Crippen molar-refractivity contribution in [3.05, 3.63) is 12.2 Å². The molecule has 0 bridgehead atoms. The highest BCUT2D eigenvalue weighted by molar-refractivity contribution is 7.99. The van der Waals surface area contributed by atoms with Crippen molar-refractivity contribution >= 4 is 23.6 Å². The van der Waals surface area contributed by atoms with Crippen LogP contribution in [0.3, 0.4) is 0 Å². The normalized spacial score (nSPS) is 26.9. The Kier molecular flexibility index (Phi) is 5.31. The lowest BCUT2D eigenvalue weighted by molar-refractivity contribution is -0.133. The van der Waals surface area contributed by atoms with Gasteiger partial charge in [0.25, 0.3) is 11.8 Å². The zero-order chi connectivity index (χ0) is 14.5. The summed E-state index contributed by atoms with van der Waals surface area (Å²) >= 11 is 1.89. The maximum Gasteiger partial charge on any atom is 0.287 e. The minimum Gasteiger partial charge on any atom is -0.335 e. The Hall–Kier alpha value is -1.21. The molecule has 0 N–H and O–H groups in total. The molecule has 2 rings (SSSR count). The molecule has 2 atom stereocenters. The molecule has 0 aromatic heterocycles. The molecule has 20 heavy (non-hydrogen) atoms. The van der Waals surface area contributed by atoms with Crippen LogP contribution in [0.25, 0.3) is 0 Å². The maximum atomic E-state index is 12.6. The van der Waals surface area contributed by atoms with Crippen molar-refractivity contribution in [1.29, 1.82) is 0 Å². The monoisotopic (exact) mass is 296 g/mol. The van der Waals surface area contributed by atoms with Gasteiger partial charge >= 0.3 is 0 Å². The fraction of sp³-hybridized carbons (Fsp3) is 0.692. The van der Waals surface area contributed by atoms with Gasteiger partial charge in [0.1, 0.15) is 0 Å². The van der Waals surface area contributed by atoms with Gasteiger partial charge in [-0.05, 0) is 32.3 Å². The van der Waals surface area contributed by atoms with E-state index in [1.165, 1.54) is 6.08 Å². The van der Waals surface area contributed by atoms with Crippen molar-refractivity contribution in [1.82, 2.24) is 9.80 Å². The van der Waals surface area contributed by atoms with Crippen LogP contribution >= 0.6 is 11.8 Å². The van der Waals surface area contributed by atoms with E-state index in [4.69, 9.17) is 0 Å². The number of carbonyl (C=O) groups is 2. The third-order valence-corrected chi connectivity index (χ3v) is 4.45. The molecule has 2 aliphatic heterocycles. The molecular weight excluding hydrogens is 276 g/mol. The number of hydrogen-bond donors (Lipinski definition) is 0. The Bertz CT molecular complexity index is 420. The van der Waals surface area contributed by atoms with Crippen LogP contribution in [0.15, 0.2) is 22.4 Å². The first-order chi connectivity index (χ1) is 9.58. The Balaban J connectivity index is 2.09. The van der Waals surface area contributed by atoms with Gasteiger partial charge in [0.05, 0.1) is 6.04 Å². The second kappa shape index (κ2) is 6.99. The summed E-state index contributed by atoms with van der Waals surface area (Å²) in [6, 6.07) is -0.452. The summed E-state index contributed by atoms with van der Waals surface area (Å²) in [7, 11) is 4.02. The molecule has 2 unspecified atom stereocenters. The minimum atomic E-state index is -0.638. The summed E-state index contributed by atoms with van der Waals surface area (Å²) in [4.78, 5) is 27.6. The molecule has 0 saturated carbocycles. The van der Waals surface area contributed by atoms with Crippen LogP contribution in [0, 0.1) is 0 Å². The van der Waals surface area contributed by atoms with Crippen LogP contribution in [0.4, 0.5) is 0 Å². The van der Waals surface area contributed by atoms with Crippen molar-refractivity contribution in [2.24, 2.45) is 10.2 Å². The topological polar surface area (TPSA) is 65.3 Å². The first-order valence-corrected chi connectivity index (χ1v) is 7.89. The molecule has 0 spiro atoms. The SMILES string of the molecule is CN(C)CC1CSCCCN1C(=O)C1C=CC(=O)N=N1. The van der Waals surface area contributed by atoms with E-state index in [2.05, 4.69) is 15.1 Å². The van der Waals surface area contributed by atoms with E-state index in [-0.39, 0.29) is 11.9 Å². The van der Waals surface area contributed by atoms with Crippen LogP contribution in [-0.2, 0) is 9.59 Å². The highest BCUT2D eigenvalue weighted by atomic mass is 32.2.